The molecule has 2 heterocycles. The average molecular weight is 355 g/mol. The topological polar surface area (TPSA) is 56.1 Å². The van der Waals surface area contributed by atoms with Gasteiger partial charge in [-0.1, -0.05) is 36.4 Å². The number of ether oxygens (including phenoxy) is 1. The predicted octanol–water partition coefficient (Wildman–Crippen LogP) is 3.42. The van der Waals surface area contributed by atoms with E-state index in [0.717, 1.165) is 10.4 Å². The molecule has 1 aromatic carbocycles. The fraction of sp³-hybridized carbons (Fsp3) is 0.263. The van der Waals surface area contributed by atoms with Crippen molar-refractivity contribution in [1.82, 2.24) is 15.1 Å². The first-order chi connectivity index (χ1) is 12.2. The van der Waals surface area contributed by atoms with Crippen LogP contribution in [0.15, 0.2) is 54.0 Å². The number of hydrogen-bond donors (Lipinski definition) is 1. The van der Waals surface area contributed by atoms with Gasteiger partial charge in [0.15, 0.2) is 0 Å². The molecule has 0 saturated carbocycles. The highest BCUT2D eigenvalue weighted by atomic mass is 32.1. The fourth-order valence-electron chi connectivity index (χ4n) is 2.63. The molecule has 1 atom stereocenters. The number of benzene rings is 1. The van der Waals surface area contributed by atoms with Gasteiger partial charge in [0.25, 0.3) is 5.91 Å². The summed E-state index contributed by atoms with van der Waals surface area (Å²) in [6.07, 6.45) is 1.82. The molecule has 1 unspecified atom stereocenters. The average Bonchev–Trinajstić information content (AvgIpc) is 3.25. The van der Waals surface area contributed by atoms with E-state index < -0.39 is 0 Å². The van der Waals surface area contributed by atoms with Gasteiger partial charge in [-0.25, -0.2) is 0 Å². The molecule has 0 saturated heterocycles. The Labute approximate surface area is 151 Å². The molecule has 6 heteroatoms. The molecule has 0 bridgehead atoms. The van der Waals surface area contributed by atoms with Crippen LogP contribution in [0.5, 0.6) is 0 Å². The minimum Gasteiger partial charge on any atom is -0.383 e. The van der Waals surface area contributed by atoms with E-state index in [2.05, 4.69) is 10.4 Å². The lowest BCUT2D eigenvalue weighted by Crippen LogP contribution is -2.35. The Morgan fingerprint density at radius 2 is 2.08 bits per heavy atom. The molecule has 25 heavy (non-hydrogen) atoms. The second-order valence-electron chi connectivity index (χ2n) is 5.88. The van der Waals surface area contributed by atoms with Gasteiger partial charge >= 0.3 is 0 Å². The van der Waals surface area contributed by atoms with Crippen LogP contribution < -0.4 is 5.32 Å². The summed E-state index contributed by atoms with van der Waals surface area (Å²) in [5, 5.41) is 9.61. The van der Waals surface area contributed by atoms with Crippen LogP contribution in [0, 0.1) is 0 Å². The van der Waals surface area contributed by atoms with Crippen molar-refractivity contribution >= 4 is 17.2 Å². The highest BCUT2D eigenvalue weighted by Gasteiger charge is 2.20. The Morgan fingerprint density at radius 3 is 2.76 bits per heavy atom. The minimum atomic E-state index is -0.132. The zero-order valence-electron chi connectivity index (χ0n) is 14.3. The van der Waals surface area contributed by atoms with Crippen molar-refractivity contribution in [3.8, 4) is 10.6 Å². The molecule has 5 nitrogen and oxygen atoms in total. The third kappa shape index (κ3) is 4.35. The van der Waals surface area contributed by atoms with Crippen molar-refractivity contribution < 1.29 is 9.53 Å². The minimum absolute atomic E-state index is 0.0637. The van der Waals surface area contributed by atoms with Crippen LogP contribution in [0.4, 0.5) is 0 Å². The number of hydrogen-bond acceptors (Lipinski definition) is 4. The summed E-state index contributed by atoms with van der Waals surface area (Å²) in [5.41, 5.74) is 2.44. The van der Waals surface area contributed by atoms with Crippen LogP contribution in [-0.4, -0.2) is 35.4 Å². The van der Waals surface area contributed by atoms with E-state index in [4.69, 9.17) is 4.74 Å². The first kappa shape index (κ1) is 17.4. The van der Waals surface area contributed by atoms with E-state index in [-0.39, 0.29) is 11.9 Å². The number of methoxy groups -OCH3 is 1. The van der Waals surface area contributed by atoms with Gasteiger partial charge in [-0.15, -0.1) is 11.3 Å². The van der Waals surface area contributed by atoms with Gasteiger partial charge in [0.1, 0.15) is 5.69 Å². The van der Waals surface area contributed by atoms with E-state index in [9.17, 15) is 4.79 Å². The number of aromatic nitrogens is 2. The molecule has 0 aliphatic carbocycles. The summed E-state index contributed by atoms with van der Waals surface area (Å²) in [6, 6.07) is 14.0. The van der Waals surface area contributed by atoms with Gasteiger partial charge in [-0.2, -0.15) is 5.10 Å². The molecule has 3 rings (SSSR count). The second kappa shape index (κ2) is 8.09. The van der Waals surface area contributed by atoms with E-state index >= 15 is 0 Å². The smallest absolute Gasteiger partial charge is 0.255 e. The standard InChI is InChI=1S/C19H21N3O2S/c1-14(13-24-2)20-19(23)16-12-22(11-15-7-4-3-5-8-15)21-18(16)17-9-6-10-25-17/h3-10,12,14H,11,13H2,1-2H3,(H,20,23). The Hall–Kier alpha value is -2.44. The predicted molar refractivity (Wildman–Crippen MR) is 99.9 cm³/mol. The number of amides is 1. The van der Waals surface area contributed by atoms with E-state index in [0.29, 0.717) is 24.4 Å². The molecular weight excluding hydrogens is 334 g/mol. The SMILES string of the molecule is COCC(C)NC(=O)c1cn(Cc2ccccc2)nc1-c1cccs1. The zero-order chi connectivity index (χ0) is 17.6. The first-order valence-electron chi connectivity index (χ1n) is 8.12. The normalized spacial score (nSPS) is 12.1. The maximum Gasteiger partial charge on any atom is 0.255 e. The number of nitrogens with one attached hydrogen (secondary N) is 1. The molecule has 0 radical (unpaired) electrons. The van der Waals surface area contributed by atoms with Crippen LogP contribution >= 0.6 is 11.3 Å². The number of nitrogens with zero attached hydrogens (tertiary/aromatic N) is 2. The van der Waals surface area contributed by atoms with Gasteiger partial charge in [0.2, 0.25) is 0 Å². The summed E-state index contributed by atoms with van der Waals surface area (Å²) >= 11 is 1.58. The van der Waals surface area contributed by atoms with Crippen LogP contribution in [0.3, 0.4) is 0 Å². The fourth-order valence-corrected chi connectivity index (χ4v) is 3.35. The number of rotatable bonds is 7. The van der Waals surface area contributed by atoms with Crippen molar-refractivity contribution in [2.75, 3.05) is 13.7 Å². The van der Waals surface area contributed by atoms with Gasteiger partial charge in [-0.3, -0.25) is 9.48 Å². The lowest BCUT2D eigenvalue weighted by molar-refractivity contribution is 0.0906. The summed E-state index contributed by atoms with van der Waals surface area (Å²) in [7, 11) is 1.62. The summed E-state index contributed by atoms with van der Waals surface area (Å²) in [5.74, 6) is -0.132. The summed E-state index contributed by atoms with van der Waals surface area (Å²) in [4.78, 5) is 13.7. The summed E-state index contributed by atoms with van der Waals surface area (Å²) < 4.78 is 6.91. The molecule has 2 aromatic heterocycles. The maximum absolute atomic E-state index is 12.7. The van der Waals surface area contributed by atoms with Crippen molar-refractivity contribution in [1.29, 1.82) is 0 Å². The van der Waals surface area contributed by atoms with Gasteiger partial charge in [-0.05, 0) is 23.9 Å². The molecule has 0 aliphatic heterocycles. The van der Waals surface area contributed by atoms with Crippen LogP contribution in [0.2, 0.25) is 0 Å². The molecule has 0 aliphatic rings. The Bertz CT molecular complexity index is 813. The molecular formula is C19H21N3O2S. The Balaban J connectivity index is 1.88. The molecule has 0 spiro atoms. The highest BCUT2D eigenvalue weighted by Crippen LogP contribution is 2.27. The van der Waals surface area contributed by atoms with Crippen LogP contribution in [-0.2, 0) is 11.3 Å². The van der Waals surface area contributed by atoms with Crippen molar-refractivity contribution in [2.24, 2.45) is 0 Å². The largest absolute Gasteiger partial charge is 0.383 e. The molecule has 130 valence electrons. The summed E-state index contributed by atoms with van der Waals surface area (Å²) in [6.45, 7) is 3.01. The van der Waals surface area contributed by atoms with E-state index in [1.165, 1.54) is 0 Å². The van der Waals surface area contributed by atoms with E-state index in [1.807, 2.05) is 65.6 Å². The zero-order valence-corrected chi connectivity index (χ0v) is 15.1. The second-order valence-corrected chi connectivity index (χ2v) is 6.83. The third-order valence-electron chi connectivity index (χ3n) is 3.74. The van der Waals surface area contributed by atoms with Crippen LogP contribution in [0.25, 0.3) is 10.6 Å². The monoisotopic (exact) mass is 355 g/mol. The van der Waals surface area contributed by atoms with E-state index in [1.54, 1.807) is 18.4 Å². The van der Waals surface area contributed by atoms with Crippen molar-refractivity contribution in [2.45, 2.75) is 19.5 Å². The number of thiophene rings is 1. The van der Waals surface area contributed by atoms with Crippen molar-refractivity contribution in [3.05, 3.63) is 65.2 Å². The Morgan fingerprint density at radius 1 is 1.28 bits per heavy atom. The molecule has 3 aromatic rings. The third-order valence-corrected chi connectivity index (χ3v) is 4.62. The number of carbonyl (C=O) groups is 1. The van der Waals surface area contributed by atoms with Crippen molar-refractivity contribution in [3.63, 3.8) is 0 Å². The quantitative estimate of drug-likeness (QED) is 0.706. The molecule has 0 fully saturated rings. The lowest BCUT2D eigenvalue weighted by atomic mass is 10.2. The van der Waals surface area contributed by atoms with Gasteiger partial charge in [0.05, 0.1) is 23.6 Å². The van der Waals surface area contributed by atoms with Crippen LogP contribution in [0.1, 0.15) is 22.8 Å². The molecule has 1 N–H and O–H groups in total. The highest BCUT2D eigenvalue weighted by molar-refractivity contribution is 7.13. The molecule has 1 amide bonds. The lowest BCUT2D eigenvalue weighted by Gasteiger charge is -2.12. The van der Waals surface area contributed by atoms with Gasteiger partial charge < -0.3 is 10.1 Å². The number of carbonyl (C=O) groups excluding carboxylic acids is 1. The first-order valence-corrected chi connectivity index (χ1v) is 9.00. The maximum atomic E-state index is 12.7. The Kier molecular flexibility index (Phi) is 5.63. The van der Waals surface area contributed by atoms with Gasteiger partial charge in [0, 0.05) is 19.3 Å².